The van der Waals surface area contributed by atoms with Gasteiger partial charge >= 0.3 is 0 Å². The van der Waals surface area contributed by atoms with Crippen molar-refractivity contribution in [1.29, 1.82) is 0 Å². The van der Waals surface area contributed by atoms with Crippen molar-refractivity contribution >= 4 is 28.3 Å². The summed E-state index contributed by atoms with van der Waals surface area (Å²) in [6.07, 6.45) is 0.367. The Morgan fingerprint density at radius 3 is 2.41 bits per heavy atom. The van der Waals surface area contributed by atoms with Crippen molar-refractivity contribution in [2.75, 3.05) is 0 Å². The fourth-order valence-electron chi connectivity index (χ4n) is 2.52. The van der Waals surface area contributed by atoms with Gasteiger partial charge in [0, 0.05) is 11.6 Å². The zero-order chi connectivity index (χ0) is 15.4. The van der Waals surface area contributed by atoms with Crippen molar-refractivity contribution in [2.45, 2.75) is 13.0 Å². The summed E-state index contributed by atoms with van der Waals surface area (Å²) in [6, 6.07) is 21.7. The number of nitrogens with one attached hydrogen (secondary N) is 1. The number of hydrogen-bond acceptors (Lipinski definition) is 1. The maximum Gasteiger partial charge on any atom is 0.224 e. The molecule has 0 unspecified atom stereocenters. The zero-order valence-corrected chi connectivity index (χ0v) is 12.8. The predicted octanol–water partition coefficient (Wildman–Crippen LogP) is 4.35. The summed E-state index contributed by atoms with van der Waals surface area (Å²) in [7, 11) is 0. The predicted molar refractivity (Wildman–Crippen MR) is 91.0 cm³/mol. The third kappa shape index (κ3) is 3.29. The number of hydrogen-bond donors (Lipinski definition) is 1. The molecule has 110 valence electrons. The van der Waals surface area contributed by atoms with Crippen molar-refractivity contribution < 1.29 is 4.79 Å². The molecule has 3 aromatic carbocycles. The summed E-state index contributed by atoms with van der Waals surface area (Å²) in [5, 5.41) is 5.88. The van der Waals surface area contributed by atoms with Gasteiger partial charge < -0.3 is 5.32 Å². The molecular weight excluding hydrogens is 294 g/mol. The highest BCUT2D eigenvalue weighted by atomic mass is 35.5. The zero-order valence-electron chi connectivity index (χ0n) is 12.1. The van der Waals surface area contributed by atoms with Gasteiger partial charge in [-0.1, -0.05) is 72.3 Å². The van der Waals surface area contributed by atoms with Gasteiger partial charge in [0.05, 0.1) is 6.42 Å². The molecule has 0 aliphatic carbocycles. The van der Waals surface area contributed by atoms with Crippen LogP contribution in [0.5, 0.6) is 0 Å². The molecule has 0 heterocycles. The van der Waals surface area contributed by atoms with Crippen molar-refractivity contribution in [1.82, 2.24) is 5.32 Å². The van der Waals surface area contributed by atoms with Crippen LogP contribution in [-0.2, 0) is 17.8 Å². The standard InChI is InChI=1S/C19H16ClNO/c20-18-11-4-2-7-16(18)13-21-19(22)12-15-9-5-8-14-6-1-3-10-17(14)15/h1-11H,12-13H2,(H,21,22). The van der Waals surface area contributed by atoms with Gasteiger partial charge in [0.1, 0.15) is 0 Å². The lowest BCUT2D eigenvalue weighted by Crippen LogP contribution is -2.24. The lowest BCUT2D eigenvalue weighted by Gasteiger charge is -2.09. The van der Waals surface area contributed by atoms with Crippen LogP contribution in [-0.4, -0.2) is 5.91 Å². The Morgan fingerprint density at radius 1 is 0.864 bits per heavy atom. The van der Waals surface area contributed by atoms with E-state index >= 15 is 0 Å². The second-order valence-electron chi connectivity index (χ2n) is 5.18. The summed E-state index contributed by atoms with van der Waals surface area (Å²) < 4.78 is 0. The number of halogens is 1. The number of rotatable bonds is 4. The van der Waals surface area contributed by atoms with Gasteiger partial charge in [0.15, 0.2) is 0 Å². The third-order valence-corrected chi connectivity index (χ3v) is 4.03. The maximum atomic E-state index is 12.2. The monoisotopic (exact) mass is 309 g/mol. The molecule has 3 aromatic rings. The Bertz CT molecular complexity index is 808. The SMILES string of the molecule is O=C(Cc1cccc2ccccc12)NCc1ccccc1Cl. The van der Waals surface area contributed by atoms with Crippen molar-refractivity contribution in [3.05, 3.63) is 82.9 Å². The van der Waals surface area contributed by atoms with Crippen LogP contribution in [0.15, 0.2) is 66.7 Å². The summed E-state index contributed by atoms with van der Waals surface area (Å²) in [5.41, 5.74) is 1.96. The first-order chi connectivity index (χ1) is 10.7. The second-order valence-corrected chi connectivity index (χ2v) is 5.59. The van der Waals surface area contributed by atoms with E-state index in [0.717, 1.165) is 21.9 Å². The third-order valence-electron chi connectivity index (χ3n) is 3.66. The molecule has 0 aliphatic rings. The Morgan fingerprint density at radius 2 is 1.55 bits per heavy atom. The average molecular weight is 310 g/mol. The molecule has 0 saturated carbocycles. The topological polar surface area (TPSA) is 29.1 Å². The van der Waals surface area contributed by atoms with Crippen LogP contribution in [0.3, 0.4) is 0 Å². The van der Waals surface area contributed by atoms with Crippen LogP contribution in [0.4, 0.5) is 0 Å². The lowest BCUT2D eigenvalue weighted by molar-refractivity contribution is -0.120. The number of benzene rings is 3. The first kappa shape index (κ1) is 14.6. The van der Waals surface area contributed by atoms with Crippen LogP contribution < -0.4 is 5.32 Å². The van der Waals surface area contributed by atoms with Crippen LogP contribution in [0.1, 0.15) is 11.1 Å². The van der Waals surface area contributed by atoms with Crippen molar-refractivity contribution in [3.8, 4) is 0 Å². The van der Waals surface area contributed by atoms with Crippen LogP contribution in [0, 0.1) is 0 Å². The molecule has 0 saturated heterocycles. The molecule has 1 N–H and O–H groups in total. The Hall–Kier alpha value is -2.32. The molecule has 0 aliphatic heterocycles. The van der Waals surface area contributed by atoms with Gasteiger partial charge in [-0.3, -0.25) is 4.79 Å². The van der Waals surface area contributed by atoms with Gasteiger partial charge in [-0.2, -0.15) is 0 Å². The minimum absolute atomic E-state index is 0.00345. The van der Waals surface area contributed by atoms with Gasteiger partial charge in [-0.15, -0.1) is 0 Å². The fourth-order valence-corrected chi connectivity index (χ4v) is 2.72. The molecule has 0 radical (unpaired) electrons. The average Bonchev–Trinajstić information content (AvgIpc) is 2.54. The van der Waals surface area contributed by atoms with E-state index < -0.39 is 0 Å². The van der Waals surface area contributed by atoms with Crippen molar-refractivity contribution in [3.63, 3.8) is 0 Å². The normalized spacial score (nSPS) is 10.6. The molecule has 0 spiro atoms. The fraction of sp³-hybridized carbons (Fsp3) is 0.105. The minimum atomic E-state index is -0.00345. The molecule has 1 amide bonds. The van der Waals surface area contributed by atoms with E-state index in [2.05, 4.69) is 17.4 Å². The number of carbonyl (C=O) groups excluding carboxylic acids is 1. The van der Waals surface area contributed by atoms with Crippen LogP contribution in [0.2, 0.25) is 5.02 Å². The molecule has 0 fully saturated rings. The maximum absolute atomic E-state index is 12.2. The minimum Gasteiger partial charge on any atom is -0.352 e. The quantitative estimate of drug-likeness (QED) is 0.762. The van der Waals surface area contributed by atoms with Gasteiger partial charge in [-0.05, 0) is 28.0 Å². The van der Waals surface area contributed by atoms with E-state index in [1.807, 2.05) is 54.6 Å². The molecule has 0 aromatic heterocycles. The number of amides is 1. The van der Waals surface area contributed by atoms with E-state index in [-0.39, 0.29) is 5.91 Å². The molecule has 2 nitrogen and oxygen atoms in total. The molecule has 0 bridgehead atoms. The number of carbonyl (C=O) groups is 1. The Labute approximate surface area is 134 Å². The van der Waals surface area contributed by atoms with Gasteiger partial charge in [0.2, 0.25) is 5.91 Å². The highest BCUT2D eigenvalue weighted by Gasteiger charge is 2.07. The number of fused-ring (bicyclic) bond motifs is 1. The first-order valence-corrected chi connectivity index (χ1v) is 7.58. The molecular formula is C19H16ClNO. The molecule has 3 heteroatoms. The molecule has 3 rings (SSSR count). The van der Waals surface area contributed by atoms with E-state index in [9.17, 15) is 4.79 Å². The van der Waals surface area contributed by atoms with Crippen molar-refractivity contribution in [2.24, 2.45) is 0 Å². The smallest absolute Gasteiger partial charge is 0.224 e. The Kier molecular flexibility index (Phi) is 4.40. The summed E-state index contributed by atoms with van der Waals surface area (Å²) in [5.74, 6) is -0.00345. The van der Waals surface area contributed by atoms with Crippen LogP contribution >= 0.6 is 11.6 Å². The van der Waals surface area contributed by atoms with E-state index in [4.69, 9.17) is 11.6 Å². The summed E-state index contributed by atoms with van der Waals surface area (Å²) in [6.45, 7) is 0.448. The largest absolute Gasteiger partial charge is 0.352 e. The highest BCUT2D eigenvalue weighted by Crippen LogP contribution is 2.19. The molecule has 0 atom stereocenters. The van der Waals surface area contributed by atoms with E-state index in [0.29, 0.717) is 18.0 Å². The summed E-state index contributed by atoms with van der Waals surface area (Å²) >= 11 is 6.09. The highest BCUT2D eigenvalue weighted by molar-refractivity contribution is 6.31. The van der Waals surface area contributed by atoms with E-state index in [1.165, 1.54) is 0 Å². The lowest BCUT2D eigenvalue weighted by atomic mass is 10.0. The second kappa shape index (κ2) is 6.63. The summed E-state index contributed by atoms with van der Waals surface area (Å²) in [4.78, 5) is 12.2. The Balaban J connectivity index is 1.70. The van der Waals surface area contributed by atoms with Crippen LogP contribution in [0.25, 0.3) is 10.8 Å². The molecule has 22 heavy (non-hydrogen) atoms. The van der Waals surface area contributed by atoms with E-state index in [1.54, 1.807) is 0 Å². The van der Waals surface area contributed by atoms with Gasteiger partial charge in [-0.25, -0.2) is 0 Å². The van der Waals surface area contributed by atoms with Gasteiger partial charge in [0.25, 0.3) is 0 Å². The first-order valence-electron chi connectivity index (χ1n) is 7.21.